The van der Waals surface area contributed by atoms with E-state index in [0.29, 0.717) is 18.4 Å². The van der Waals surface area contributed by atoms with Crippen molar-refractivity contribution in [1.29, 1.82) is 0 Å². The fraction of sp³-hybridized carbons (Fsp3) is 0.564. The number of carbonyl (C=O) groups excluding carboxylic acids is 1. The quantitative estimate of drug-likeness (QED) is 0.215. The van der Waals surface area contributed by atoms with Gasteiger partial charge in [-0.2, -0.15) is 4.98 Å². The minimum atomic E-state index is 0.0311. The predicted molar refractivity (Wildman–Crippen MR) is 194 cm³/mol. The van der Waals surface area contributed by atoms with Crippen molar-refractivity contribution in [3.8, 4) is 17.1 Å². The minimum absolute atomic E-state index is 0.0311. The van der Waals surface area contributed by atoms with E-state index in [2.05, 4.69) is 75.4 Å². The van der Waals surface area contributed by atoms with Crippen molar-refractivity contribution in [2.45, 2.75) is 109 Å². The van der Waals surface area contributed by atoms with Gasteiger partial charge in [-0.25, -0.2) is 0 Å². The molecule has 3 aliphatic heterocycles. The Hall–Kier alpha value is -3.16. The molecule has 3 aromatic rings. The lowest BCUT2D eigenvalue weighted by Crippen LogP contribution is -2.55. The van der Waals surface area contributed by atoms with Crippen LogP contribution in [0.15, 0.2) is 43.1 Å². The number of ether oxygens (including phenoxy) is 1. The molecule has 0 N–H and O–H groups in total. The Morgan fingerprint density at radius 1 is 1.11 bits per heavy atom. The topological polar surface area (TPSA) is 61.8 Å². The highest BCUT2D eigenvalue weighted by molar-refractivity contribution is 6.32. The first-order chi connectivity index (χ1) is 22.7. The second kappa shape index (κ2) is 14.1. The molecule has 3 atom stereocenters. The van der Waals surface area contributed by atoms with Crippen LogP contribution in [0.1, 0.15) is 95.6 Å². The fourth-order valence-electron chi connectivity index (χ4n) is 8.18. The van der Waals surface area contributed by atoms with Crippen LogP contribution >= 0.6 is 11.6 Å². The van der Waals surface area contributed by atoms with E-state index >= 15 is 0 Å². The molecule has 3 saturated heterocycles. The number of pyridine rings is 2. The van der Waals surface area contributed by atoms with Crippen LogP contribution in [0, 0.1) is 6.92 Å². The molecule has 0 spiro atoms. The lowest BCUT2D eigenvalue weighted by atomic mass is 9.92. The Balaban J connectivity index is 0.00000124. The molecule has 7 rings (SSSR count). The third-order valence-corrected chi connectivity index (χ3v) is 10.9. The van der Waals surface area contributed by atoms with Gasteiger partial charge in [-0.05, 0) is 112 Å². The van der Waals surface area contributed by atoms with Gasteiger partial charge in [-0.3, -0.25) is 14.7 Å². The highest BCUT2D eigenvalue weighted by Crippen LogP contribution is 2.48. The zero-order valence-corrected chi connectivity index (χ0v) is 29.8. The average molecular weight is 658 g/mol. The van der Waals surface area contributed by atoms with Crippen molar-refractivity contribution in [3.63, 3.8) is 0 Å². The van der Waals surface area contributed by atoms with Crippen LogP contribution in [0.25, 0.3) is 22.0 Å². The molecule has 2 bridgehead atoms. The summed E-state index contributed by atoms with van der Waals surface area (Å²) < 4.78 is 6.66. The molecule has 7 nitrogen and oxygen atoms in total. The van der Waals surface area contributed by atoms with E-state index in [4.69, 9.17) is 26.3 Å². The number of halogens is 1. The first-order valence-electron chi connectivity index (χ1n) is 17.9. The predicted octanol–water partition coefficient (Wildman–Crippen LogP) is 8.56. The number of hydrogen-bond acceptors (Lipinski definition) is 6. The number of amides is 1. The van der Waals surface area contributed by atoms with Crippen molar-refractivity contribution < 1.29 is 9.53 Å². The van der Waals surface area contributed by atoms with Crippen LogP contribution < -0.4 is 9.64 Å². The molecule has 4 fully saturated rings. The molecule has 1 aliphatic carbocycles. The van der Waals surface area contributed by atoms with Crippen molar-refractivity contribution in [3.05, 3.63) is 59.3 Å². The molecule has 5 heterocycles. The number of benzene rings is 1. The zero-order chi connectivity index (χ0) is 33.3. The Kier molecular flexibility index (Phi) is 10.1. The highest BCUT2D eigenvalue weighted by Gasteiger charge is 2.43. The summed E-state index contributed by atoms with van der Waals surface area (Å²) in [7, 11) is 2.23. The van der Waals surface area contributed by atoms with Gasteiger partial charge in [0.25, 0.3) is 0 Å². The van der Waals surface area contributed by atoms with Crippen molar-refractivity contribution >= 4 is 34.1 Å². The van der Waals surface area contributed by atoms with E-state index in [9.17, 15) is 4.79 Å². The zero-order valence-electron chi connectivity index (χ0n) is 29.0. The average Bonchev–Trinajstić information content (AvgIpc) is 3.78. The Labute approximate surface area is 286 Å². The summed E-state index contributed by atoms with van der Waals surface area (Å²) in [6.45, 7) is 15.6. The summed E-state index contributed by atoms with van der Waals surface area (Å²) in [4.78, 5) is 29.8. The summed E-state index contributed by atoms with van der Waals surface area (Å²) in [6, 6.07) is 8.90. The molecule has 1 amide bonds. The second-order valence-corrected chi connectivity index (χ2v) is 14.7. The number of rotatable bonds is 9. The summed E-state index contributed by atoms with van der Waals surface area (Å²) in [6.07, 6.45) is 13.6. The first-order valence-corrected chi connectivity index (χ1v) is 18.2. The fourth-order valence-corrected chi connectivity index (χ4v) is 8.61. The van der Waals surface area contributed by atoms with Crippen molar-refractivity contribution in [2.75, 3.05) is 38.2 Å². The Morgan fingerprint density at radius 3 is 2.45 bits per heavy atom. The number of anilines is 1. The van der Waals surface area contributed by atoms with E-state index in [-0.39, 0.29) is 23.5 Å². The van der Waals surface area contributed by atoms with Gasteiger partial charge in [-0.15, -0.1) is 0 Å². The summed E-state index contributed by atoms with van der Waals surface area (Å²) in [5.41, 5.74) is 4.47. The van der Waals surface area contributed by atoms with E-state index in [0.717, 1.165) is 90.2 Å². The molecule has 1 saturated carbocycles. The van der Waals surface area contributed by atoms with Gasteiger partial charge in [0, 0.05) is 53.4 Å². The first kappa shape index (κ1) is 33.7. The highest BCUT2D eigenvalue weighted by atomic mass is 35.5. The molecule has 3 unspecified atom stereocenters. The van der Waals surface area contributed by atoms with E-state index in [1.807, 2.05) is 11.1 Å². The summed E-state index contributed by atoms with van der Waals surface area (Å²) >= 11 is 6.82. The number of fused-ring (bicyclic) bond motifs is 3. The molecule has 1 aromatic carbocycles. The van der Waals surface area contributed by atoms with Gasteiger partial charge in [0.05, 0.1) is 11.2 Å². The lowest BCUT2D eigenvalue weighted by molar-refractivity contribution is -0.129. The lowest BCUT2D eigenvalue weighted by Gasteiger charge is -2.41. The summed E-state index contributed by atoms with van der Waals surface area (Å²) in [5.74, 6) is 2.09. The molecule has 0 radical (unpaired) electrons. The van der Waals surface area contributed by atoms with Gasteiger partial charge in [-0.1, -0.05) is 51.8 Å². The maximum Gasteiger partial charge on any atom is 0.246 e. The summed E-state index contributed by atoms with van der Waals surface area (Å²) in [5, 5.41) is 2.92. The Bertz CT molecular complexity index is 1610. The van der Waals surface area contributed by atoms with Crippen LogP contribution in [0.2, 0.25) is 5.02 Å². The SMILES string of the molecule is C=CC(=O)N1C2CCC1CN(c1nc(OCC3(CCC)CCCN3C)cc3cc(-c4cc(C)cc(Cl)c4C4CC4)ncc13)C2.CCC. The smallest absolute Gasteiger partial charge is 0.246 e. The number of aromatic nitrogens is 2. The maximum atomic E-state index is 12.7. The standard InChI is InChI=1S/C36H44ClN5O2.C3H8/c1-5-12-36(13-7-14-40(36)4)22-44-32-18-25-17-31(28-15-23(3)16-30(37)34(28)24-8-9-24)38-19-29(25)35(39-32)41-20-26-10-11-27(21-41)42(26)33(43)6-2;1-3-2/h6,15-19,24,26-27H,2,5,7-14,20-22H2,1,3-4H3;3H2,1-2H3. The van der Waals surface area contributed by atoms with Crippen LogP contribution in [-0.4, -0.2) is 76.6 Å². The van der Waals surface area contributed by atoms with Crippen molar-refractivity contribution in [1.82, 2.24) is 19.8 Å². The number of aryl methyl sites for hydroxylation is 1. The minimum Gasteiger partial charge on any atom is -0.476 e. The molecule has 4 aliphatic rings. The van der Waals surface area contributed by atoms with E-state index < -0.39 is 0 Å². The third kappa shape index (κ3) is 6.76. The van der Waals surface area contributed by atoms with Gasteiger partial charge >= 0.3 is 0 Å². The third-order valence-electron chi connectivity index (χ3n) is 10.6. The molecular formula is C39H52ClN5O2. The largest absolute Gasteiger partial charge is 0.476 e. The maximum absolute atomic E-state index is 12.7. The number of likely N-dealkylation sites (tertiary alicyclic amines) is 1. The van der Waals surface area contributed by atoms with Crippen LogP contribution in [0.4, 0.5) is 5.82 Å². The van der Waals surface area contributed by atoms with E-state index in [1.54, 1.807) is 0 Å². The van der Waals surface area contributed by atoms with Gasteiger partial charge in [0.1, 0.15) is 12.4 Å². The number of hydrogen-bond donors (Lipinski definition) is 0. The number of likely N-dealkylation sites (N-methyl/N-ethyl adjacent to an activating group) is 1. The molecule has 2 aromatic heterocycles. The normalized spacial score (nSPS) is 24.0. The monoisotopic (exact) mass is 657 g/mol. The molecule has 252 valence electrons. The van der Waals surface area contributed by atoms with Gasteiger partial charge < -0.3 is 14.5 Å². The number of carbonyl (C=O) groups is 1. The van der Waals surface area contributed by atoms with E-state index in [1.165, 1.54) is 37.3 Å². The van der Waals surface area contributed by atoms with Crippen LogP contribution in [0.5, 0.6) is 5.88 Å². The van der Waals surface area contributed by atoms with Gasteiger partial charge in [0.15, 0.2) is 0 Å². The molecule has 8 heteroatoms. The van der Waals surface area contributed by atoms with Crippen LogP contribution in [-0.2, 0) is 4.79 Å². The molecular weight excluding hydrogens is 606 g/mol. The second-order valence-electron chi connectivity index (χ2n) is 14.3. The van der Waals surface area contributed by atoms with Gasteiger partial charge in [0.2, 0.25) is 11.8 Å². The number of piperazine rings is 1. The number of nitrogens with zero attached hydrogens (tertiary/aromatic N) is 5. The molecule has 47 heavy (non-hydrogen) atoms. The van der Waals surface area contributed by atoms with Crippen LogP contribution in [0.3, 0.4) is 0 Å². The Morgan fingerprint density at radius 2 is 1.83 bits per heavy atom. The van der Waals surface area contributed by atoms with Crippen molar-refractivity contribution in [2.24, 2.45) is 0 Å².